The fourth-order valence-corrected chi connectivity index (χ4v) is 2.71. The number of sulfone groups is 1. The summed E-state index contributed by atoms with van der Waals surface area (Å²) in [6.45, 7) is 6.37. The number of rotatable bonds is 1. The first-order valence-electron chi connectivity index (χ1n) is 5.34. The van der Waals surface area contributed by atoms with Gasteiger partial charge in [-0.25, -0.2) is 8.42 Å². The van der Waals surface area contributed by atoms with Crippen LogP contribution in [0.25, 0.3) is 0 Å². The first-order chi connectivity index (χ1) is 7.23. The molecule has 2 rings (SSSR count). The first-order valence-corrected chi connectivity index (χ1v) is 7.23. The number of fused-ring (bicyclic) bond motifs is 1. The molecule has 0 spiro atoms. The number of hydrogen-bond acceptors (Lipinski definition) is 3. The third-order valence-corrected chi connectivity index (χ3v) is 4.68. The van der Waals surface area contributed by atoms with E-state index in [4.69, 9.17) is 0 Å². The summed E-state index contributed by atoms with van der Waals surface area (Å²) in [7, 11) is -3.12. The van der Waals surface area contributed by atoms with Crippen LogP contribution in [0.1, 0.15) is 26.3 Å². The Bertz CT molecular complexity index is 532. The Balaban J connectivity index is 2.61. The standard InChI is InChI=1S/C12H17NO2S/c1-8-12(2,3)10-7-9(16(4,14)15)5-6-11(10)13-8/h5-8,13H,1-4H3. The van der Waals surface area contributed by atoms with Gasteiger partial charge in [-0.1, -0.05) is 13.8 Å². The number of benzene rings is 1. The van der Waals surface area contributed by atoms with Crippen LogP contribution in [-0.4, -0.2) is 20.7 Å². The molecule has 1 N–H and O–H groups in total. The van der Waals surface area contributed by atoms with Crippen LogP contribution in [0.4, 0.5) is 5.69 Å². The van der Waals surface area contributed by atoms with Crippen LogP contribution < -0.4 is 5.32 Å². The minimum Gasteiger partial charge on any atom is -0.381 e. The lowest BCUT2D eigenvalue weighted by Gasteiger charge is -2.24. The van der Waals surface area contributed by atoms with Crippen molar-refractivity contribution in [3.8, 4) is 0 Å². The zero-order valence-electron chi connectivity index (χ0n) is 10.0. The van der Waals surface area contributed by atoms with Crippen LogP contribution in [0.15, 0.2) is 23.1 Å². The molecule has 1 aromatic carbocycles. The van der Waals surface area contributed by atoms with Crippen molar-refractivity contribution in [3.63, 3.8) is 0 Å². The average Bonchev–Trinajstić information content (AvgIpc) is 2.37. The molecule has 0 bridgehead atoms. The van der Waals surface area contributed by atoms with Crippen molar-refractivity contribution in [1.82, 2.24) is 0 Å². The van der Waals surface area contributed by atoms with E-state index in [0.717, 1.165) is 11.3 Å². The molecule has 4 heteroatoms. The highest BCUT2D eigenvalue weighted by atomic mass is 32.2. The highest BCUT2D eigenvalue weighted by Crippen LogP contribution is 2.41. The molecule has 0 saturated carbocycles. The van der Waals surface area contributed by atoms with Crippen molar-refractivity contribution < 1.29 is 8.42 Å². The van der Waals surface area contributed by atoms with Gasteiger partial charge in [-0.05, 0) is 30.7 Å². The second kappa shape index (κ2) is 3.23. The minimum absolute atomic E-state index is 0.0317. The predicted molar refractivity (Wildman–Crippen MR) is 65.7 cm³/mol. The Kier molecular flexibility index (Phi) is 2.31. The third-order valence-electron chi connectivity index (χ3n) is 3.57. The maximum atomic E-state index is 11.5. The fraction of sp³-hybridized carbons (Fsp3) is 0.500. The number of anilines is 1. The third kappa shape index (κ3) is 1.61. The van der Waals surface area contributed by atoms with Crippen LogP contribution in [0, 0.1) is 0 Å². The van der Waals surface area contributed by atoms with E-state index in [0.29, 0.717) is 10.9 Å². The molecule has 0 aliphatic carbocycles. The van der Waals surface area contributed by atoms with E-state index >= 15 is 0 Å². The first kappa shape index (κ1) is 11.5. The maximum Gasteiger partial charge on any atom is 0.175 e. The molecule has 1 atom stereocenters. The molecule has 3 nitrogen and oxygen atoms in total. The average molecular weight is 239 g/mol. The molecule has 0 radical (unpaired) electrons. The quantitative estimate of drug-likeness (QED) is 0.817. The van der Waals surface area contributed by atoms with Gasteiger partial charge in [0, 0.05) is 23.4 Å². The molecule has 0 amide bonds. The van der Waals surface area contributed by atoms with Crippen molar-refractivity contribution in [1.29, 1.82) is 0 Å². The smallest absolute Gasteiger partial charge is 0.175 e. The Morgan fingerprint density at radius 2 is 1.94 bits per heavy atom. The number of nitrogens with one attached hydrogen (secondary N) is 1. The van der Waals surface area contributed by atoms with Crippen molar-refractivity contribution in [2.24, 2.45) is 0 Å². The van der Waals surface area contributed by atoms with Crippen LogP contribution in [-0.2, 0) is 15.3 Å². The van der Waals surface area contributed by atoms with Crippen LogP contribution in [0.5, 0.6) is 0 Å². The largest absolute Gasteiger partial charge is 0.381 e. The molecule has 16 heavy (non-hydrogen) atoms. The second-order valence-electron chi connectivity index (χ2n) is 5.07. The van der Waals surface area contributed by atoms with Gasteiger partial charge in [0.1, 0.15) is 0 Å². The summed E-state index contributed by atoms with van der Waals surface area (Å²) in [5, 5.41) is 3.37. The van der Waals surface area contributed by atoms with Gasteiger partial charge in [-0.15, -0.1) is 0 Å². The minimum atomic E-state index is -3.12. The maximum absolute atomic E-state index is 11.5. The summed E-state index contributed by atoms with van der Waals surface area (Å²) in [5.41, 5.74) is 2.10. The lowest BCUT2D eigenvalue weighted by atomic mass is 9.81. The van der Waals surface area contributed by atoms with Gasteiger partial charge in [-0.3, -0.25) is 0 Å². The molecule has 1 aliphatic rings. The van der Waals surface area contributed by atoms with Gasteiger partial charge in [0.2, 0.25) is 0 Å². The van der Waals surface area contributed by atoms with E-state index in [-0.39, 0.29) is 5.41 Å². The summed E-state index contributed by atoms with van der Waals surface area (Å²) >= 11 is 0. The van der Waals surface area contributed by atoms with Crippen LogP contribution in [0.3, 0.4) is 0 Å². The normalized spacial score (nSPS) is 22.6. The van der Waals surface area contributed by atoms with Gasteiger partial charge < -0.3 is 5.32 Å². The van der Waals surface area contributed by atoms with Gasteiger partial charge in [0.05, 0.1) is 4.90 Å². The summed E-state index contributed by atoms with van der Waals surface area (Å²) in [5.74, 6) is 0. The SMILES string of the molecule is CC1Nc2ccc(S(C)(=O)=O)cc2C1(C)C. The van der Waals surface area contributed by atoms with Crippen LogP contribution >= 0.6 is 0 Å². The highest BCUT2D eigenvalue weighted by Gasteiger charge is 2.36. The molecular formula is C12H17NO2S. The number of hydrogen-bond donors (Lipinski definition) is 1. The topological polar surface area (TPSA) is 46.2 Å². The molecule has 0 aromatic heterocycles. The molecule has 1 aromatic rings. The Morgan fingerprint density at radius 3 is 2.50 bits per heavy atom. The van der Waals surface area contributed by atoms with E-state index in [2.05, 4.69) is 26.1 Å². The zero-order valence-corrected chi connectivity index (χ0v) is 10.9. The van der Waals surface area contributed by atoms with Gasteiger partial charge in [0.15, 0.2) is 9.84 Å². The highest BCUT2D eigenvalue weighted by molar-refractivity contribution is 7.90. The van der Waals surface area contributed by atoms with E-state index < -0.39 is 9.84 Å². The fourth-order valence-electron chi connectivity index (χ4n) is 2.06. The van der Waals surface area contributed by atoms with Crippen molar-refractivity contribution >= 4 is 15.5 Å². The molecule has 1 heterocycles. The lowest BCUT2D eigenvalue weighted by molar-refractivity contribution is 0.485. The Hall–Kier alpha value is -1.03. The van der Waals surface area contributed by atoms with Crippen molar-refractivity contribution in [2.45, 2.75) is 37.1 Å². The summed E-state index contributed by atoms with van der Waals surface area (Å²) in [4.78, 5) is 0.398. The van der Waals surface area contributed by atoms with E-state index in [1.165, 1.54) is 6.26 Å². The monoisotopic (exact) mass is 239 g/mol. The molecule has 0 fully saturated rings. The van der Waals surface area contributed by atoms with Crippen molar-refractivity contribution in [3.05, 3.63) is 23.8 Å². The Morgan fingerprint density at radius 1 is 1.31 bits per heavy atom. The zero-order chi connectivity index (χ0) is 12.1. The second-order valence-corrected chi connectivity index (χ2v) is 7.08. The molecular weight excluding hydrogens is 222 g/mol. The van der Waals surface area contributed by atoms with Crippen molar-refractivity contribution in [2.75, 3.05) is 11.6 Å². The van der Waals surface area contributed by atoms with Gasteiger partial charge in [0.25, 0.3) is 0 Å². The molecule has 1 aliphatic heterocycles. The van der Waals surface area contributed by atoms with Gasteiger partial charge >= 0.3 is 0 Å². The van der Waals surface area contributed by atoms with E-state index in [9.17, 15) is 8.42 Å². The summed E-state index contributed by atoms with van der Waals surface area (Å²) in [6.07, 6.45) is 1.24. The summed E-state index contributed by atoms with van der Waals surface area (Å²) < 4.78 is 23.0. The van der Waals surface area contributed by atoms with E-state index in [1.54, 1.807) is 12.1 Å². The molecule has 0 saturated heterocycles. The Labute approximate surface area is 96.8 Å². The van der Waals surface area contributed by atoms with Gasteiger partial charge in [-0.2, -0.15) is 0 Å². The van der Waals surface area contributed by atoms with E-state index in [1.807, 2.05) is 6.07 Å². The lowest BCUT2D eigenvalue weighted by Crippen LogP contribution is -2.29. The molecule has 88 valence electrons. The van der Waals surface area contributed by atoms with Crippen LogP contribution in [0.2, 0.25) is 0 Å². The molecule has 1 unspecified atom stereocenters. The predicted octanol–water partition coefficient (Wildman–Crippen LogP) is 2.18. The summed E-state index contributed by atoms with van der Waals surface area (Å²) in [6, 6.07) is 5.63.